The molecule has 0 aliphatic carbocycles. The number of aryl methyl sites for hydroxylation is 1. The Morgan fingerprint density at radius 2 is 2.00 bits per heavy atom. The minimum Gasteiger partial charge on any atom is -0.481 e. The summed E-state index contributed by atoms with van der Waals surface area (Å²) in [7, 11) is 1.64. The summed E-state index contributed by atoms with van der Waals surface area (Å²) >= 11 is 0. The molecule has 20 heavy (non-hydrogen) atoms. The molecule has 1 saturated heterocycles. The van der Waals surface area contributed by atoms with Gasteiger partial charge in [-0.3, -0.25) is 4.90 Å². The molecule has 1 atom stereocenters. The summed E-state index contributed by atoms with van der Waals surface area (Å²) in [6, 6.07) is 1.85. The predicted molar refractivity (Wildman–Crippen MR) is 80.2 cm³/mol. The van der Waals surface area contributed by atoms with Gasteiger partial charge in [-0.05, 0) is 19.4 Å². The van der Waals surface area contributed by atoms with Crippen molar-refractivity contribution < 1.29 is 4.74 Å². The van der Waals surface area contributed by atoms with Gasteiger partial charge in [0.1, 0.15) is 0 Å². The second kappa shape index (κ2) is 6.85. The molecule has 1 aliphatic heterocycles. The van der Waals surface area contributed by atoms with Crippen molar-refractivity contribution >= 4 is 5.95 Å². The fraction of sp³-hybridized carbons (Fsp3) is 0.714. The van der Waals surface area contributed by atoms with Crippen LogP contribution in [-0.2, 0) is 0 Å². The van der Waals surface area contributed by atoms with E-state index in [1.807, 2.05) is 13.0 Å². The lowest BCUT2D eigenvalue weighted by Crippen LogP contribution is -2.48. The van der Waals surface area contributed by atoms with E-state index in [4.69, 9.17) is 10.5 Å². The predicted octanol–water partition coefficient (Wildman–Crippen LogP) is 0.510. The summed E-state index contributed by atoms with van der Waals surface area (Å²) in [4.78, 5) is 13.6. The summed E-state index contributed by atoms with van der Waals surface area (Å²) in [5.74, 6) is 1.96. The second-order valence-corrected chi connectivity index (χ2v) is 5.48. The Kier molecular flexibility index (Phi) is 5.14. The molecule has 6 heteroatoms. The van der Waals surface area contributed by atoms with Crippen LogP contribution in [0, 0.1) is 12.8 Å². The first kappa shape index (κ1) is 15.0. The summed E-state index contributed by atoms with van der Waals surface area (Å²) in [6.45, 7) is 9.94. The standard InChI is InChI=1S/C14H25N5O/c1-11(9-15)10-18-4-6-19(7-5-18)14-16-12(2)8-13(17-14)20-3/h8,11H,4-7,9-10,15H2,1-3H3. The number of aromatic nitrogens is 2. The maximum Gasteiger partial charge on any atom is 0.228 e. The van der Waals surface area contributed by atoms with Gasteiger partial charge in [0.15, 0.2) is 0 Å². The highest BCUT2D eigenvalue weighted by atomic mass is 16.5. The smallest absolute Gasteiger partial charge is 0.228 e. The highest BCUT2D eigenvalue weighted by molar-refractivity contribution is 5.35. The van der Waals surface area contributed by atoms with Gasteiger partial charge in [-0.15, -0.1) is 0 Å². The first-order valence-corrected chi connectivity index (χ1v) is 7.19. The molecule has 1 aliphatic rings. The minimum absolute atomic E-state index is 0.553. The maximum atomic E-state index is 5.69. The first-order valence-electron chi connectivity index (χ1n) is 7.19. The van der Waals surface area contributed by atoms with E-state index in [0.29, 0.717) is 11.8 Å². The van der Waals surface area contributed by atoms with Gasteiger partial charge in [0.25, 0.3) is 0 Å². The first-order chi connectivity index (χ1) is 9.62. The Hall–Kier alpha value is -1.40. The minimum atomic E-state index is 0.553. The van der Waals surface area contributed by atoms with Crippen LogP contribution in [0.5, 0.6) is 5.88 Å². The molecule has 0 aromatic carbocycles. The molecule has 1 fully saturated rings. The van der Waals surface area contributed by atoms with Crippen LogP contribution in [0.15, 0.2) is 6.07 Å². The number of nitrogens with two attached hydrogens (primary N) is 1. The molecule has 112 valence electrons. The van der Waals surface area contributed by atoms with Crippen LogP contribution in [0.25, 0.3) is 0 Å². The number of rotatable bonds is 5. The molecule has 2 N–H and O–H groups in total. The molecule has 0 saturated carbocycles. The zero-order chi connectivity index (χ0) is 14.5. The monoisotopic (exact) mass is 279 g/mol. The zero-order valence-corrected chi connectivity index (χ0v) is 12.7. The van der Waals surface area contributed by atoms with Gasteiger partial charge >= 0.3 is 0 Å². The number of hydrogen-bond acceptors (Lipinski definition) is 6. The van der Waals surface area contributed by atoms with E-state index in [-0.39, 0.29) is 0 Å². The SMILES string of the molecule is COc1cc(C)nc(N2CCN(CC(C)CN)CC2)n1. The highest BCUT2D eigenvalue weighted by Gasteiger charge is 2.20. The number of hydrogen-bond donors (Lipinski definition) is 1. The van der Waals surface area contributed by atoms with Gasteiger partial charge in [0.05, 0.1) is 7.11 Å². The van der Waals surface area contributed by atoms with E-state index < -0.39 is 0 Å². The molecule has 0 radical (unpaired) electrons. The van der Waals surface area contributed by atoms with Gasteiger partial charge in [0, 0.05) is 44.5 Å². The van der Waals surface area contributed by atoms with Gasteiger partial charge in [0.2, 0.25) is 11.8 Å². The van der Waals surface area contributed by atoms with Crippen molar-refractivity contribution in [3.63, 3.8) is 0 Å². The van der Waals surface area contributed by atoms with Gasteiger partial charge < -0.3 is 15.4 Å². The van der Waals surface area contributed by atoms with Crippen LogP contribution in [0.4, 0.5) is 5.95 Å². The molecule has 0 amide bonds. The summed E-state index contributed by atoms with van der Waals surface area (Å²) in [5.41, 5.74) is 6.62. The van der Waals surface area contributed by atoms with Gasteiger partial charge in [-0.2, -0.15) is 4.98 Å². The molecule has 2 rings (SSSR count). The molecular formula is C14H25N5O. The quantitative estimate of drug-likeness (QED) is 0.847. The number of piperazine rings is 1. The number of nitrogens with zero attached hydrogens (tertiary/aromatic N) is 4. The highest BCUT2D eigenvalue weighted by Crippen LogP contribution is 2.17. The molecule has 6 nitrogen and oxygen atoms in total. The third-order valence-corrected chi connectivity index (χ3v) is 3.66. The Bertz CT molecular complexity index is 432. The fourth-order valence-electron chi connectivity index (χ4n) is 2.42. The zero-order valence-electron chi connectivity index (χ0n) is 12.7. The molecule has 2 heterocycles. The van der Waals surface area contributed by atoms with Crippen molar-refractivity contribution in [2.24, 2.45) is 11.7 Å². The van der Waals surface area contributed by atoms with E-state index in [1.54, 1.807) is 7.11 Å². The second-order valence-electron chi connectivity index (χ2n) is 5.48. The van der Waals surface area contributed by atoms with Crippen molar-refractivity contribution in [1.29, 1.82) is 0 Å². The van der Waals surface area contributed by atoms with E-state index in [9.17, 15) is 0 Å². The van der Waals surface area contributed by atoms with Crippen LogP contribution in [-0.4, -0.2) is 61.2 Å². The third kappa shape index (κ3) is 3.80. The number of methoxy groups -OCH3 is 1. The largest absolute Gasteiger partial charge is 0.481 e. The molecule has 1 unspecified atom stereocenters. The Morgan fingerprint density at radius 1 is 1.30 bits per heavy atom. The summed E-state index contributed by atoms with van der Waals surface area (Å²) in [6.07, 6.45) is 0. The number of ether oxygens (including phenoxy) is 1. The Labute approximate surface area is 120 Å². The molecule has 0 bridgehead atoms. The fourth-order valence-corrected chi connectivity index (χ4v) is 2.42. The number of anilines is 1. The van der Waals surface area contributed by atoms with Crippen LogP contribution >= 0.6 is 0 Å². The Balaban J connectivity index is 1.95. The van der Waals surface area contributed by atoms with E-state index >= 15 is 0 Å². The topological polar surface area (TPSA) is 67.5 Å². The van der Waals surface area contributed by atoms with Crippen LogP contribution in [0.1, 0.15) is 12.6 Å². The molecule has 0 spiro atoms. The van der Waals surface area contributed by atoms with Crippen LogP contribution < -0.4 is 15.4 Å². The average Bonchev–Trinajstić information content (AvgIpc) is 2.47. The van der Waals surface area contributed by atoms with Crippen LogP contribution in [0.3, 0.4) is 0 Å². The van der Waals surface area contributed by atoms with Gasteiger partial charge in [-0.25, -0.2) is 4.98 Å². The van der Waals surface area contributed by atoms with E-state index in [1.165, 1.54) is 0 Å². The summed E-state index contributed by atoms with van der Waals surface area (Å²) in [5, 5.41) is 0. The van der Waals surface area contributed by atoms with Crippen molar-refractivity contribution in [1.82, 2.24) is 14.9 Å². The lowest BCUT2D eigenvalue weighted by atomic mass is 10.1. The van der Waals surface area contributed by atoms with Crippen molar-refractivity contribution in [2.75, 3.05) is 51.3 Å². The van der Waals surface area contributed by atoms with Crippen molar-refractivity contribution in [3.05, 3.63) is 11.8 Å². The molecular weight excluding hydrogens is 254 g/mol. The van der Waals surface area contributed by atoms with Crippen molar-refractivity contribution in [3.8, 4) is 5.88 Å². The maximum absolute atomic E-state index is 5.69. The Morgan fingerprint density at radius 3 is 2.60 bits per heavy atom. The van der Waals surface area contributed by atoms with E-state index in [2.05, 4.69) is 26.7 Å². The van der Waals surface area contributed by atoms with Crippen LogP contribution in [0.2, 0.25) is 0 Å². The van der Waals surface area contributed by atoms with E-state index in [0.717, 1.165) is 50.9 Å². The third-order valence-electron chi connectivity index (χ3n) is 3.66. The average molecular weight is 279 g/mol. The summed E-state index contributed by atoms with van der Waals surface area (Å²) < 4.78 is 5.21. The van der Waals surface area contributed by atoms with Gasteiger partial charge in [-0.1, -0.05) is 6.92 Å². The van der Waals surface area contributed by atoms with Crippen molar-refractivity contribution in [2.45, 2.75) is 13.8 Å². The normalized spacial score (nSPS) is 18.1. The molecule has 1 aromatic heterocycles. The lowest BCUT2D eigenvalue weighted by molar-refractivity contribution is 0.226. The lowest BCUT2D eigenvalue weighted by Gasteiger charge is -2.35. The molecule has 1 aromatic rings.